The molecule has 0 bridgehead atoms. The van der Waals surface area contributed by atoms with Gasteiger partial charge in [0, 0.05) is 148 Å². The Morgan fingerprint density at radius 3 is 1.15 bits per heavy atom. The first-order valence-corrected chi connectivity index (χ1v) is 42.9. The first-order valence-electron chi connectivity index (χ1n) is 39.4. The summed E-state index contributed by atoms with van der Waals surface area (Å²) in [5.41, 5.74) is 11.1. The van der Waals surface area contributed by atoms with E-state index in [0.717, 1.165) is 105 Å². The molecule has 0 saturated carbocycles. The van der Waals surface area contributed by atoms with Gasteiger partial charge in [0.05, 0.1) is 101 Å². The topological polar surface area (TPSA) is 253 Å². The third-order valence-corrected chi connectivity index (χ3v) is 17.2. The molecule has 0 N–H and O–H groups in total. The summed E-state index contributed by atoms with van der Waals surface area (Å²) in [6, 6.07) is 37.5. The van der Waals surface area contributed by atoms with E-state index in [0.29, 0.717) is 103 Å². The monoisotopic (exact) mass is 1980 g/mol. The fourth-order valence-corrected chi connectivity index (χ4v) is 10.4. The van der Waals surface area contributed by atoms with Crippen molar-refractivity contribution >= 4 is 82.6 Å². The van der Waals surface area contributed by atoms with Crippen LogP contribution < -0.4 is 56.8 Å². The van der Waals surface area contributed by atoms with Crippen molar-refractivity contribution in [3.63, 3.8) is 0 Å². The Morgan fingerprint density at radius 1 is 0.272 bits per heavy atom. The highest BCUT2D eigenvalue weighted by atomic mass is 79.9. The van der Waals surface area contributed by atoms with Crippen LogP contribution in [-0.4, -0.2) is 136 Å². The summed E-state index contributed by atoms with van der Waals surface area (Å²) < 4.78 is 102. The Bertz CT molecular complexity index is 4470. The lowest BCUT2D eigenvalue weighted by Crippen LogP contribution is -1.98. The predicted molar refractivity (Wildman–Crippen MR) is 503 cm³/mol. The molecule has 0 saturated heterocycles. The smallest absolute Gasteiger partial charge is 0.250 e. The molecule has 1 aromatic carbocycles. The van der Waals surface area contributed by atoms with E-state index in [2.05, 4.69) is 103 Å². The number of nitrogens with zero attached hydrogens (tertiary/aromatic N) is 11. The number of rotatable bonds is 20. The number of benzene rings is 1. The van der Waals surface area contributed by atoms with Crippen molar-refractivity contribution in [2.45, 2.75) is 138 Å². The van der Waals surface area contributed by atoms with Crippen molar-refractivity contribution < 1.29 is 70.0 Å². The molecule has 11 heterocycles. The average Bonchev–Trinajstić information content (AvgIpc) is 0.875. The highest BCUT2D eigenvalue weighted by Crippen LogP contribution is 2.29. The van der Waals surface area contributed by atoms with Gasteiger partial charge in [-0.25, -0.2) is 33.1 Å². The van der Waals surface area contributed by atoms with Gasteiger partial charge in [-0.15, -0.1) is 0 Å². The largest absolute Gasteiger partial charge is 0.497 e. The lowest BCUT2D eigenvalue weighted by Gasteiger charge is -2.04. The van der Waals surface area contributed by atoms with Gasteiger partial charge < -0.3 is 56.8 Å². The molecule has 32 heteroatoms. The van der Waals surface area contributed by atoms with Crippen LogP contribution in [0.2, 0.25) is 15.1 Å². The zero-order chi connectivity index (χ0) is 93.8. The van der Waals surface area contributed by atoms with E-state index in [4.69, 9.17) is 91.6 Å². The lowest BCUT2D eigenvalue weighted by molar-refractivity contribution is 0.306. The van der Waals surface area contributed by atoms with Gasteiger partial charge in [0.25, 0.3) is 5.88 Å². The van der Waals surface area contributed by atoms with Gasteiger partial charge in [-0.1, -0.05) is 46.9 Å². The van der Waals surface area contributed by atoms with Gasteiger partial charge in [-0.2, -0.15) is 0 Å². The molecule has 12 aromatic rings. The normalized spacial score (nSPS) is 9.58. The number of hydrogen-bond acceptors (Lipinski definition) is 23. The Hall–Kier alpha value is -10.4. The SMILES string of the molecule is CCOc1cc(C)ncc1Br.CCOc1cc(C)ncc1Cl.CCOc1cc(C)ncc1F.CCOc1cccc(C)n1.CCOc1ccnc(C)c1.CCOc1nc(C)ccc1Br.CCOc1nc(C)ccc1Cl.CCOc1nc(C)ccc1F.COc1cc(C)ccc1F.COc1cc(C)ncc1Br.COc1cc(C)ncc1Cl.COc1ccnc(C)c1. The second kappa shape index (κ2) is 66.1. The van der Waals surface area contributed by atoms with Gasteiger partial charge in [0.2, 0.25) is 17.6 Å². The fraction of sp³-hybridized carbons (Fsp3) is 0.344. The summed E-state index contributed by atoms with van der Waals surface area (Å²) in [7, 11) is 6.33. The van der Waals surface area contributed by atoms with E-state index < -0.39 is 11.6 Å². The number of ether oxygens (including phenoxy) is 12. The van der Waals surface area contributed by atoms with Crippen LogP contribution in [0.5, 0.6) is 69.5 Å². The highest BCUT2D eigenvalue weighted by Gasteiger charge is 2.08. The molecule has 0 aliphatic heterocycles. The molecule has 0 atom stereocenters. The van der Waals surface area contributed by atoms with Crippen LogP contribution in [0.25, 0.3) is 0 Å². The molecule has 0 spiro atoms. The number of methoxy groups -OCH3 is 4. The van der Waals surface area contributed by atoms with Crippen molar-refractivity contribution in [1.82, 2.24) is 54.8 Å². The molecule has 0 radical (unpaired) electrons. The van der Waals surface area contributed by atoms with Gasteiger partial charge >= 0.3 is 0 Å². The minimum absolute atomic E-state index is 0.0903. The average molecular weight is 1980 g/mol. The van der Waals surface area contributed by atoms with Crippen molar-refractivity contribution in [3.05, 3.63) is 285 Å². The first kappa shape index (κ1) is 113. The Labute approximate surface area is 776 Å². The molecule has 0 amide bonds. The minimum Gasteiger partial charge on any atom is -0.497 e. The van der Waals surface area contributed by atoms with Crippen molar-refractivity contribution in [1.29, 1.82) is 0 Å². The van der Waals surface area contributed by atoms with Crippen molar-refractivity contribution in [3.8, 4) is 69.5 Å². The van der Waals surface area contributed by atoms with Crippen LogP contribution in [0.4, 0.5) is 13.2 Å². The van der Waals surface area contributed by atoms with Crippen LogP contribution in [-0.2, 0) is 0 Å². The molecular formula is C93H116Br3Cl3F3N11O12. The van der Waals surface area contributed by atoms with E-state index in [1.54, 1.807) is 116 Å². The molecule has 0 aliphatic rings. The molecule has 0 aliphatic carbocycles. The van der Waals surface area contributed by atoms with Crippen LogP contribution in [0.15, 0.2) is 184 Å². The zero-order valence-corrected chi connectivity index (χ0v) is 82.6. The standard InChI is InChI=1S/2C8H10BrNO.2C8H10ClNO.2C8H10FNO.C8H9FO.2C8H11NO.C7H8BrNO.C7H8ClNO.C7H9NO/c1-3-11-8-4-6(2)10-5-7(8)9;1-3-11-8-7(9)5-4-6(2)10-8;1-3-11-8-4-6(2)10-5-7(8)9;1-3-11-8-7(9)5-4-6(2)10-8;1-3-11-8-4-6(2)10-5-7(8)9;1-3-11-8-7(9)5-4-6(2)10-8;1-6-3-4-7(9)8(5-6)10-2;1-3-10-8-4-5-9-7(2)6-8;1-3-10-8-6-4-5-7(2)9-8;2*1-5-3-7(10-2)6(8)4-9-5;1-6-5-7(9-2)3-4-8-6/h6*4-5H,3H2,1-2H3;3-5H,1-2H3;2*4-6H,3H2,1-2H3;2*3-4H,1-2H3;3-5H,1-2H3. The maximum atomic E-state index is 12.8. The van der Waals surface area contributed by atoms with Crippen LogP contribution in [0.1, 0.15) is 124 Å². The van der Waals surface area contributed by atoms with Gasteiger partial charge in [-0.3, -0.25) is 34.9 Å². The third-order valence-electron chi connectivity index (χ3n) is 14.6. The number of pyridine rings is 11. The quantitative estimate of drug-likeness (QED) is 0.0687. The van der Waals surface area contributed by atoms with Crippen molar-refractivity contribution in [2.24, 2.45) is 0 Å². The molecule has 11 aromatic heterocycles. The maximum Gasteiger partial charge on any atom is 0.250 e. The van der Waals surface area contributed by atoms with Crippen LogP contribution in [0, 0.1) is 101 Å². The highest BCUT2D eigenvalue weighted by molar-refractivity contribution is 9.11. The molecule has 0 fully saturated rings. The lowest BCUT2D eigenvalue weighted by atomic mass is 10.2. The second-order valence-electron chi connectivity index (χ2n) is 25.1. The van der Waals surface area contributed by atoms with Gasteiger partial charge in [0.15, 0.2) is 29.0 Å². The number of aryl methyl sites for hydroxylation is 12. The maximum absolute atomic E-state index is 12.8. The molecule has 678 valence electrons. The van der Waals surface area contributed by atoms with Crippen molar-refractivity contribution in [2.75, 3.05) is 81.3 Å². The fourth-order valence-electron chi connectivity index (χ4n) is 8.90. The van der Waals surface area contributed by atoms with Crippen LogP contribution in [0.3, 0.4) is 0 Å². The van der Waals surface area contributed by atoms with Gasteiger partial charge in [0.1, 0.15) is 49.6 Å². The van der Waals surface area contributed by atoms with Crippen LogP contribution >= 0.6 is 82.6 Å². The van der Waals surface area contributed by atoms with E-state index >= 15 is 0 Å². The summed E-state index contributed by atoms with van der Waals surface area (Å²) in [5, 5.41) is 1.68. The van der Waals surface area contributed by atoms with Gasteiger partial charge in [-0.05, 0) is 259 Å². The first-order chi connectivity index (χ1) is 59.6. The minimum atomic E-state index is -0.405. The summed E-state index contributed by atoms with van der Waals surface area (Å²) in [6.07, 6.45) is 11.3. The molecule has 12 rings (SSSR count). The molecule has 23 nitrogen and oxygen atoms in total. The summed E-state index contributed by atoms with van der Waals surface area (Å²) in [4.78, 5) is 44.3. The Morgan fingerprint density at radius 2 is 0.664 bits per heavy atom. The molecular weight excluding hydrogens is 1870 g/mol. The summed E-state index contributed by atoms with van der Waals surface area (Å²) in [6.45, 7) is 42.9. The molecule has 0 unspecified atom stereocenters. The predicted octanol–water partition coefficient (Wildman–Crippen LogP) is 25.2. The van der Waals surface area contributed by atoms with E-state index in [9.17, 15) is 13.2 Å². The third kappa shape index (κ3) is 49.8. The number of aromatic nitrogens is 11. The van der Waals surface area contributed by atoms with E-state index in [-0.39, 0.29) is 17.4 Å². The van der Waals surface area contributed by atoms with E-state index in [1.165, 1.54) is 25.4 Å². The summed E-state index contributed by atoms with van der Waals surface area (Å²) >= 11 is 27.3. The number of hydrogen-bond donors (Lipinski definition) is 0. The summed E-state index contributed by atoms with van der Waals surface area (Å²) in [5.74, 6) is 6.29. The number of halogens is 9. The Kier molecular flexibility index (Phi) is 59.5. The second-order valence-corrected chi connectivity index (χ2v) is 28.9. The Balaban J connectivity index is 0.000000682. The zero-order valence-electron chi connectivity index (χ0n) is 75.5. The van der Waals surface area contributed by atoms with E-state index in [1.807, 2.05) is 197 Å². The molecule has 125 heavy (non-hydrogen) atoms.